The first-order valence-corrected chi connectivity index (χ1v) is 8.27. The predicted molar refractivity (Wildman–Crippen MR) is 91.0 cm³/mol. The van der Waals surface area contributed by atoms with E-state index in [1.54, 1.807) is 12.1 Å². The van der Waals surface area contributed by atoms with Crippen LogP contribution in [-0.4, -0.2) is 42.4 Å². The quantitative estimate of drug-likeness (QED) is 0.824. The van der Waals surface area contributed by atoms with E-state index in [0.717, 1.165) is 12.1 Å². The predicted octanol–water partition coefficient (Wildman–Crippen LogP) is 1.44. The van der Waals surface area contributed by atoms with Crippen LogP contribution in [0, 0.1) is 11.8 Å². The highest BCUT2D eigenvalue weighted by molar-refractivity contribution is 6.30. The molecule has 3 N–H and O–H groups in total. The third kappa shape index (κ3) is 5.22. The summed E-state index contributed by atoms with van der Waals surface area (Å²) in [6, 6.07) is 7.36. The van der Waals surface area contributed by atoms with Crippen LogP contribution in [0.3, 0.4) is 0 Å². The van der Waals surface area contributed by atoms with E-state index < -0.39 is 0 Å². The second-order valence-electron chi connectivity index (χ2n) is 6.55. The van der Waals surface area contributed by atoms with Gasteiger partial charge in [-0.25, -0.2) is 0 Å². The molecule has 2 rings (SSSR count). The lowest BCUT2D eigenvalue weighted by Crippen LogP contribution is -2.43. The molecule has 0 aliphatic carbocycles. The number of likely N-dealkylation sites (tertiary alicyclic amines) is 1. The number of halogens is 1. The maximum absolute atomic E-state index is 12.3. The Bertz CT molecular complexity index is 577. The summed E-state index contributed by atoms with van der Waals surface area (Å²) >= 11 is 5.95. The van der Waals surface area contributed by atoms with Gasteiger partial charge < -0.3 is 11.1 Å². The highest BCUT2D eigenvalue weighted by atomic mass is 35.5. The second-order valence-corrected chi connectivity index (χ2v) is 6.99. The molecule has 0 unspecified atom stereocenters. The van der Waals surface area contributed by atoms with Crippen molar-refractivity contribution in [3.05, 3.63) is 34.9 Å². The van der Waals surface area contributed by atoms with E-state index in [-0.39, 0.29) is 24.4 Å². The van der Waals surface area contributed by atoms with E-state index in [0.29, 0.717) is 29.8 Å². The molecule has 0 saturated carbocycles. The molecule has 2 amide bonds. The lowest BCUT2D eigenvalue weighted by Gasteiger charge is -2.23. The van der Waals surface area contributed by atoms with Crippen LogP contribution in [0.4, 0.5) is 0 Å². The van der Waals surface area contributed by atoms with Gasteiger partial charge in [0.05, 0.1) is 13.0 Å². The number of carbonyl (C=O) groups excluding carboxylic acids is 2. The molecule has 0 bridgehead atoms. The molecule has 23 heavy (non-hydrogen) atoms. The van der Waals surface area contributed by atoms with Gasteiger partial charge in [0.2, 0.25) is 11.8 Å². The van der Waals surface area contributed by atoms with E-state index in [1.807, 2.05) is 17.0 Å². The highest BCUT2D eigenvalue weighted by Gasteiger charge is 2.35. The molecule has 5 nitrogen and oxygen atoms in total. The molecule has 1 aromatic carbocycles. The van der Waals surface area contributed by atoms with Gasteiger partial charge in [0.25, 0.3) is 0 Å². The largest absolute Gasteiger partial charge is 0.369 e. The minimum atomic E-state index is -0.335. The lowest BCUT2D eigenvalue weighted by molar-refractivity contribution is -0.121. The maximum atomic E-state index is 12.3. The standard InChI is InChI=1S/C17H24ClN3O2/c1-11(2)14-8-21(10-16(19)22)9-15(14)20-17(23)7-12-4-3-5-13(18)6-12/h3-6,11,14-15H,7-10H2,1-2H3,(H2,19,22)(H,20,23)/t14-,15+/m1/s1. The van der Waals surface area contributed by atoms with Crippen LogP contribution < -0.4 is 11.1 Å². The molecule has 126 valence electrons. The molecule has 1 aliphatic rings. The third-order valence-corrected chi connectivity index (χ3v) is 4.51. The Kier molecular flexibility index (Phi) is 6.02. The van der Waals surface area contributed by atoms with E-state index >= 15 is 0 Å². The van der Waals surface area contributed by atoms with Gasteiger partial charge in [0.1, 0.15) is 0 Å². The first-order valence-electron chi connectivity index (χ1n) is 7.89. The number of primary amides is 1. The Morgan fingerprint density at radius 1 is 1.39 bits per heavy atom. The zero-order chi connectivity index (χ0) is 17.0. The van der Waals surface area contributed by atoms with Crippen molar-refractivity contribution in [3.8, 4) is 0 Å². The summed E-state index contributed by atoms with van der Waals surface area (Å²) in [7, 11) is 0. The molecular weight excluding hydrogens is 314 g/mol. The number of amides is 2. The van der Waals surface area contributed by atoms with E-state index in [2.05, 4.69) is 19.2 Å². The number of benzene rings is 1. The van der Waals surface area contributed by atoms with Crippen molar-refractivity contribution in [1.82, 2.24) is 10.2 Å². The van der Waals surface area contributed by atoms with Crippen molar-refractivity contribution in [3.63, 3.8) is 0 Å². The fraction of sp³-hybridized carbons (Fsp3) is 0.529. The molecule has 0 radical (unpaired) electrons. The Balaban J connectivity index is 1.96. The van der Waals surface area contributed by atoms with Crippen molar-refractivity contribution < 1.29 is 9.59 Å². The monoisotopic (exact) mass is 337 g/mol. The van der Waals surface area contributed by atoms with Crippen molar-refractivity contribution >= 4 is 23.4 Å². The van der Waals surface area contributed by atoms with E-state index in [4.69, 9.17) is 17.3 Å². The van der Waals surface area contributed by atoms with Crippen molar-refractivity contribution in [2.75, 3.05) is 19.6 Å². The van der Waals surface area contributed by atoms with Gasteiger partial charge >= 0.3 is 0 Å². The SMILES string of the molecule is CC(C)[C@H]1CN(CC(N)=O)C[C@@H]1NC(=O)Cc1cccc(Cl)c1. The number of nitrogens with one attached hydrogen (secondary N) is 1. The molecule has 2 atom stereocenters. The maximum Gasteiger partial charge on any atom is 0.231 e. The van der Waals surface area contributed by atoms with Gasteiger partial charge in [-0.05, 0) is 29.5 Å². The van der Waals surface area contributed by atoms with E-state index in [1.165, 1.54) is 0 Å². The van der Waals surface area contributed by atoms with Gasteiger partial charge in [0.15, 0.2) is 0 Å². The number of hydrogen-bond acceptors (Lipinski definition) is 3. The zero-order valence-corrected chi connectivity index (χ0v) is 14.3. The van der Waals surface area contributed by atoms with Gasteiger partial charge in [-0.15, -0.1) is 0 Å². The van der Waals surface area contributed by atoms with Gasteiger partial charge in [-0.1, -0.05) is 37.6 Å². The minimum absolute atomic E-state index is 0.0242. The normalized spacial score (nSPS) is 21.6. The van der Waals surface area contributed by atoms with Crippen LogP contribution >= 0.6 is 11.6 Å². The van der Waals surface area contributed by atoms with Crippen molar-refractivity contribution in [1.29, 1.82) is 0 Å². The summed E-state index contributed by atoms with van der Waals surface area (Å²) < 4.78 is 0. The Labute approximate surface area is 142 Å². The van der Waals surface area contributed by atoms with Crippen LogP contribution in [0.5, 0.6) is 0 Å². The van der Waals surface area contributed by atoms with Gasteiger partial charge in [-0.3, -0.25) is 14.5 Å². The Morgan fingerprint density at radius 3 is 2.74 bits per heavy atom. The van der Waals surface area contributed by atoms with Crippen LogP contribution in [0.2, 0.25) is 5.02 Å². The average Bonchev–Trinajstić information content (AvgIpc) is 2.80. The smallest absolute Gasteiger partial charge is 0.231 e. The molecule has 1 aliphatic heterocycles. The number of nitrogens with two attached hydrogens (primary N) is 1. The van der Waals surface area contributed by atoms with Gasteiger partial charge in [0, 0.05) is 24.2 Å². The fourth-order valence-electron chi connectivity index (χ4n) is 3.18. The highest BCUT2D eigenvalue weighted by Crippen LogP contribution is 2.24. The second kappa shape index (κ2) is 7.79. The fourth-order valence-corrected chi connectivity index (χ4v) is 3.39. The molecule has 1 aromatic rings. The summed E-state index contributed by atoms with van der Waals surface area (Å²) in [4.78, 5) is 25.4. The topological polar surface area (TPSA) is 75.4 Å². The Hall–Kier alpha value is -1.59. The van der Waals surface area contributed by atoms with Crippen LogP contribution in [0.15, 0.2) is 24.3 Å². The lowest BCUT2D eigenvalue weighted by atomic mass is 9.91. The molecule has 1 saturated heterocycles. The summed E-state index contributed by atoms with van der Waals surface area (Å²) in [5, 5.41) is 3.73. The average molecular weight is 338 g/mol. The van der Waals surface area contributed by atoms with Crippen molar-refractivity contribution in [2.24, 2.45) is 17.6 Å². The summed E-state index contributed by atoms with van der Waals surface area (Å²) in [6.45, 7) is 5.95. The first kappa shape index (κ1) is 17.8. The molecule has 1 heterocycles. The van der Waals surface area contributed by atoms with Crippen LogP contribution in [0.1, 0.15) is 19.4 Å². The molecule has 1 fully saturated rings. The zero-order valence-electron chi connectivity index (χ0n) is 13.6. The Morgan fingerprint density at radius 2 is 2.13 bits per heavy atom. The summed E-state index contributed by atoms with van der Waals surface area (Å²) in [6.07, 6.45) is 0.303. The third-order valence-electron chi connectivity index (χ3n) is 4.28. The molecule has 0 spiro atoms. The number of nitrogens with zero attached hydrogens (tertiary/aromatic N) is 1. The van der Waals surface area contributed by atoms with Crippen molar-refractivity contribution in [2.45, 2.75) is 26.3 Å². The summed E-state index contributed by atoms with van der Waals surface area (Å²) in [5.41, 5.74) is 6.17. The molecule has 6 heteroatoms. The van der Waals surface area contributed by atoms with E-state index in [9.17, 15) is 9.59 Å². The number of hydrogen-bond donors (Lipinski definition) is 2. The first-order chi connectivity index (χ1) is 10.8. The summed E-state index contributed by atoms with van der Waals surface area (Å²) in [5.74, 6) is 0.379. The number of rotatable bonds is 6. The molecular formula is C17H24ClN3O2. The molecule has 0 aromatic heterocycles. The number of carbonyl (C=O) groups is 2. The van der Waals surface area contributed by atoms with Gasteiger partial charge in [-0.2, -0.15) is 0 Å². The van der Waals surface area contributed by atoms with Crippen LogP contribution in [-0.2, 0) is 16.0 Å². The minimum Gasteiger partial charge on any atom is -0.369 e. The van der Waals surface area contributed by atoms with Crippen LogP contribution in [0.25, 0.3) is 0 Å².